The second-order valence-electron chi connectivity index (χ2n) is 3.71. The van der Waals surface area contributed by atoms with Gasteiger partial charge in [0.1, 0.15) is 0 Å². The summed E-state index contributed by atoms with van der Waals surface area (Å²) in [6, 6.07) is 0. The topological polar surface area (TPSA) is 33.1 Å². The summed E-state index contributed by atoms with van der Waals surface area (Å²) >= 11 is 3.56. The van der Waals surface area contributed by atoms with Crippen molar-refractivity contribution in [3.63, 3.8) is 0 Å². The van der Waals surface area contributed by atoms with Crippen molar-refractivity contribution in [2.24, 2.45) is 0 Å². The Kier molecular flexibility index (Phi) is 3.47. The number of thiazole rings is 1. The van der Waals surface area contributed by atoms with Crippen molar-refractivity contribution >= 4 is 23.1 Å². The van der Waals surface area contributed by atoms with Crippen molar-refractivity contribution < 1.29 is 5.11 Å². The average molecular weight is 229 g/mol. The maximum Gasteiger partial charge on any atom is 0.0954 e. The Hall–Kier alpha value is -0.0600. The number of hydrogen-bond acceptors (Lipinski definition) is 4. The fourth-order valence-corrected chi connectivity index (χ4v) is 3.82. The van der Waals surface area contributed by atoms with Crippen LogP contribution >= 0.6 is 23.1 Å². The first kappa shape index (κ1) is 10.5. The van der Waals surface area contributed by atoms with Crippen LogP contribution in [0.4, 0.5) is 0 Å². The van der Waals surface area contributed by atoms with Gasteiger partial charge in [-0.1, -0.05) is 0 Å². The lowest BCUT2D eigenvalue weighted by Crippen LogP contribution is -2.22. The van der Waals surface area contributed by atoms with Crippen molar-refractivity contribution in [3.8, 4) is 0 Å². The summed E-state index contributed by atoms with van der Waals surface area (Å²) in [7, 11) is 0. The summed E-state index contributed by atoms with van der Waals surface area (Å²) in [6.45, 7) is 2.00. The number of aliphatic hydroxyl groups excluding tert-OH is 1. The molecule has 0 bridgehead atoms. The van der Waals surface area contributed by atoms with Crippen LogP contribution in [0.5, 0.6) is 0 Å². The lowest BCUT2D eigenvalue weighted by Gasteiger charge is -2.15. The van der Waals surface area contributed by atoms with Crippen molar-refractivity contribution in [1.29, 1.82) is 0 Å². The normalized spacial score (nSPS) is 24.0. The molecule has 2 rings (SSSR count). The minimum Gasteiger partial charge on any atom is -0.392 e. The van der Waals surface area contributed by atoms with Gasteiger partial charge in [0, 0.05) is 22.7 Å². The fourth-order valence-electron chi connectivity index (χ4n) is 1.71. The van der Waals surface area contributed by atoms with Crippen LogP contribution in [0.1, 0.15) is 23.5 Å². The highest BCUT2D eigenvalue weighted by atomic mass is 32.2. The van der Waals surface area contributed by atoms with E-state index in [9.17, 15) is 5.11 Å². The lowest BCUT2D eigenvalue weighted by molar-refractivity contribution is 0.170. The van der Waals surface area contributed by atoms with Crippen LogP contribution < -0.4 is 0 Å². The van der Waals surface area contributed by atoms with Crippen LogP contribution in [0.2, 0.25) is 0 Å². The van der Waals surface area contributed by atoms with E-state index in [2.05, 4.69) is 4.98 Å². The molecule has 2 nitrogen and oxygen atoms in total. The summed E-state index contributed by atoms with van der Waals surface area (Å²) in [6.07, 6.45) is 2.95. The predicted octanol–water partition coefficient (Wildman–Crippen LogP) is 2.25. The van der Waals surface area contributed by atoms with E-state index in [1.165, 1.54) is 12.2 Å². The van der Waals surface area contributed by atoms with E-state index in [-0.39, 0.29) is 6.10 Å². The molecule has 2 atom stereocenters. The third-order valence-corrected chi connectivity index (χ3v) is 4.94. The van der Waals surface area contributed by atoms with E-state index < -0.39 is 0 Å². The van der Waals surface area contributed by atoms with Gasteiger partial charge in [0.05, 0.1) is 11.1 Å². The number of aliphatic hydroxyl groups is 1. The minimum absolute atomic E-state index is 0.201. The fraction of sp³-hybridized carbons (Fsp3) is 0.700. The first-order valence-corrected chi connectivity index (χ1v) is 6.89. The molecule has 1 fully saturated rings. The number of aryl methyl sites for hydroxylation is 1. The van der Waals surface area contributed by atoms with Crippen LogP contribution in [0.15, 0.2) is 5.38 Å². The first-order valence-electron chi connectivity index (χ1n) is 4.96. The molecule has 1 aromatic rings. The maximum absolute atomic E-state index is 9.96. The van der Waals surface area contributed by atoms with Crippen molar-refractivity contribution in [1.82, 2.24) is 4.98 Å². The third-order valence-electron chi connectivity index (χ3n) is 2.44. The van der Waals surface area contributed by atoms with Crippen molar-refractivity contribution in [2.45, 2.75) is 37.5 Å². The molecule has 2 heterocycles. The van der Waals surface area contributed by atoms with Gasteiger partial charge >= 0.3 is 0 Å². The highest BCUT2D eigenvalue weighted by Gasteiger charge is 2.24. The second-order valence-corrected chi connectivity index (χ2v) is 6.00. The number of hydrogen-bond donors (Lipinski definition) is 1. The molecule has 1 aromatic heterocycles. The first-order chi connectivity index (χ1) is 6.75. The second kappa shape index (κ2) is 4.64. The third kappa shape index (κ3) is 2.49. The average Bonchev–Trinajstić information content (AvgIpc) is 2.75. The van der Waals surface area contributed by atoms with E-state index in [0.717, 1.165) is 23.5 Å². The molecule has 1 aliphatic heterocycles. The molecule has 0 aliphatic carbocycles. The van der Waals surface area contributed by atoms with Gasteiger partial charge in [0.2, 0.25) is 0 Å². The standard InChI is InChI=1S/C10H15NOS2/c1-7-6-14-10(11-7)5-8(12)9-3-2-4-13-9/h6,8-9,12H,2-5H2,1H3. The van der Waals surface area contributed by atoms with Crippen LogP contribution in [0.25, 0.3) is 0 Å². The number of nitrogens with zero attached hydrogens (tertiary/aromatic N) is 1. The monoisotopic (exact) mass is 229 g/mol. The molecule has 0 saturated carbocycles. The summed E-state index contributed by atoms with van der Waals surface area (Å²) in [5.41, 5.74) is 1.07. The van der Waals surface area contributed by atoms with E-state index in [1.807, 2.05) is 24.1 Å². The summed E-state index contributed by atoms with van der Waals surface area (Å²) in [4.78, 5) is 4.37. The molecule has 0 aromatic carbocycles. The van der Waals surface area contributed by atoms with Gasteiger partial charge in [-0.05, 0) is 25.5 Å². The quantitative estimate of drug-likeness (QED) is 0.863. The summed E-state index contributed by atoms with van der Waals surface area (Å²) in [5.74, 6) is 1.21. The Bertz CT molecular complexity index is 294. The highest BCUT2D eigenvalue weighted by molar-refractivity contribution is 8.00. The molecular weight excluding hydrogens is 214 g/mol. The van der Waals surface area contributed by atoms with Crippen molar-refractivity contribution in [2.75, 3.05) is 5.75 Å². The van der Waals surface area contributed by atoms with E-state index in [0.29, 0.717) is 5.25 Å². The molecule has 2 unspecified atom stereocenters. The number of rotatable bonds is 3. The molecule has 4 heteroatoms. The Labute approximate surface area is 92.8 Å². The van der Waals surface area contributed by atoms with E-state index in [1.54, 1.807) is 11.3 Å². The minimum atomic E-state index is -0.201. The van der Waals surface area contributed by atoms with Gasteiger partial charge in [0.15, 0.2) is 0 Å². The van der Waals surface area contributed by atoms with Gasteiger partial charge in [-0.3, -0.25) is 0 Å². The summed E-state index contributed by atoms with van der Waals surface area (Å²) in [5, 5.41) is 13.5. The molecule has 14 heavy (non-hydrogen) atoms. The molecular formula is C10H15NOS2. The lowest BCUT2D eigenvalue weighted by atomic mass is 10.1. The zero-order chi connectivity index (χ0) is 9.97. The maximum atomic E-state index is 9.96. The Morgan fingerprint density at radius 1 is 1.71 bits per heavy atom. The van der Waals surface area contributed by atoms with Crippen LogP contribution in [0.3, 0.4) is 0 Å². The number of thioether (sulfide) groups is 1. The molecule has 0 spiro atoms. The summed E-state index contributed by atoms with van der Waals surface area (Å²) < 4.78 is 0. The Balaban J connectivity index is 1.90. The van der Waals surface area contributed by atoms with Gasteiger partial charge in [0.25, 0.3) is 0 Å². The van der Waals surface area contributed by atoms with Crippen LogP contribution in [0, 0.1) is 6.92 Å². The Morgan fingerprint density at radius 3 is 3.14 bits per heavy atom. The smallest absolute Gasteiger partial charge is 0.0954 e. The highest BCUT2D eigenvalue weighted by Crippen LogP contribution is 2.30. The molecule has 78 valence electrons. The van der Waals surface area contributed by atoms with Gasteiger partial charge < -0.3 is 5.11 Å². The van der Waals surface area contributed by atoms with Gasteiger partial charge in [-0.2, -0.15) is 11.8 Å². The molecule has 1 N–H and O–H groups in total. The largest absolute Gasteiger partial charge is 0.392 e. The van der Waals surface area contributed by atoms with Crippen LogP contribution in [-0.2, 0) is 6.42 Å². The van der Waals surface area contributed by atoms with Gasteiger partial charge in [-0.15, -0.1) is 11.3 Å². The predicted molar refractivity (Wildman–Crippen MR) is 62.0 cm³/mol. The SMILES string of the molecule is Cc1csc(CC(O)C2CCCS2)n1. The van der Waals surface area contributed by atoms with E-state index in [4.69, 9.17) is 0 Å². The molecule has 1 aliphatic rings. The Morgan fingerprint density at radius 2 is 2.57 bits per heavy atom. The molecule has 0 amide bonds. The van der Waals surface area contributed by atoms with Gasteiger partial charge in [-0.25, -0.2) is 4.98 Å². The number of aromatic nitrogens is 1. The van der Waals surface area contributed by atoms with Crippen molar-refractivity contribution in [3.05, 3.63) is 16.1 Å². The zero-order valence-electron chi connectivity index (χ0n) is 8.27. The molecule has 1 saturated heterocycles. The van der Waals surface area contributed by atoms with Crippen LogP contribution in [-0.4, -0.2) is 27.2 Å². The van der Waals surface area contributed by atoms with E-state index >= 15 is 0 Å². The zero-order valence-corrected chi connectivity index (χ0v) is 9.90. The molecule has 0 radical (unpaired) electrons.